The van der Waals surface area contributed by atoms with Gasteiger partial charge in [-0.25, -0.2) is 4.79 Å². The Hall–Kier alpha value is -3.28. The molecule has 6 heteroatoms. The normalized spacial score (nSPS) is 14.0. The molecular formula is C22H26N4O2. The average molecular weight is 378 g/mol. The summed E-state index contributed by atoms with van der Waals surface area (Å²) >= 11 is 0. The van der Waals surface area contributed by atoms with E-state index in [0.717, 1.165) is 34.6 Å². The molecule has 0 radical (unpaired) electrons. The number of aromatic nitrogens is 2. The molecule has 2 N–H and O–H groups in total. The number of methoxy groups -OCH3 is 1. The minimum absolute atomic E-state index is 0.202. The lowest BCUT2D eigenvalue weighted by molar-refractivity contribution is -0.135. The molecule has 146 valence electrons. The second-order valence-corrected chi connectivity index (χ2v) is 6.71. The summed E-state index contributed by atoms with van der Waals surface area (Å²) in [4.78, 5) is 14.0. The van der Waals surface area contributed by atoms with Crippen molar-refractivity contribution in [3.63, 3.8) is 0 Å². The Bertz CT molecular complexity index is 913. The lowest BCUT2D eigenvalue weighted by Crippen LogP contribution is -2.29. The van der Waals surface area contributed by atoms with E-state index in [1.54, 1.807) is 6.20 Å². The van der Waals surface area contributed by atoms with Gasteiger partial charge in [-0.2, -0.15) is 5.10 Å². The fourth-order valence-electron chi connectivity index (χ4n) is 3.21. The second kappa shape index (κ2) is 8.61. The highest BCUT2D eigenvalue weighted by Crippen LogP contribution is 2.30. The second-order valence-electron chi connectivity index (χ2n) is 6.71. The van der Waals surface area contributed by atoms with Gasteiger partial charge in [0.2, 0.25) is 0 Å². The highest BCUT2D eigenvalue weighted by Gasteiger charge is 2.18. The van der Waals surface area contributed by atoms with Gasteiger partial charge in [0.1, 0.15) is 5.70 Å². The quantitative estimate of drug-likeness (QED) is 0.564. The summed E-state index contributed by atoms with van der Waals surface area (Å²) in [6.45, 7) is 6.23. The van der Waals surface area contributed by atoms with Crippen molar-refractivity contribution in [1.82, 2.24) is 10.2 Å². The number of esters is 1. The number of likely N-dealkylation sites (N-methyl/N-ethyl adjacent to an activating group) is 1. The minimum atomic E-state index is -0.351. The first-order valence-corrected chi connectivity index (χ1v) is 9.32. The molecule has 2 aromatic rings. The number of allylic oxidation sites excluding steroid dienone is 3. The van der Waals surface area contributed by atoms with Crippen molar-refractivity contribution in [2.24, 2.45) is 0 Å². The Morgan fingerprint density at radius 2 is 2.25 bits per heavy atom. The van der Waals surface area contributed by atoms with Gasteiger partial charge in [0.15, 0.2) is 0 Å². The maximum atomic E-state index is 11.8. The van der Waals surface area contributed by atoms with Crippen LogP contribution < -0.4 is 10.2 Å². The highest BCUT2D eigenvalue weighted by atomic mass is 16.5. The third-order valence-electron chi connectivity index (χ3n) is 4.97. The van der Waals surface area contributed by atoms with Gasteiger partial charge in [-0.3, -0.25) is 5.10 Å². The number of H-pyrrole nitrogens is 1. The van der Waals surface area contributed by atoms with E-state index in [2.05, 4.69) is 65.2 Å². The lowest BCUT2D eigenvalue weighted by atomic mass is 10.0. The van der Waals surface area contributed by atoms with Gasteiger partial charge >= 0.3 is 5.97 Å². The summed E-state index contributed by atoms with van der Waals surface area (Å²) in [5.41, 5.74) is 5.35. The molecule has 1 aromatic carbocycles. The van der Waals surface area contributed by atoms with Crippen LogP contribution >= 0.6 is 0 Å². The SMILES string of the molecule is C=C(/C=C\C(CC)N(C)c1ccc2c(c1)NC(C(=O)OC)=CC2)c1cc[nH]n1. The van der Waals surface area contributed by atoms with E-state index in [9.17, 15) is 4.79 Å². The Kier molecular flexibility index (Phi) is 5.99. The zero-order valence-electron chi connectivity index (χ0n) is 16.5. The number of aromatic amines is 1. The third kappa shape index (κ3) is 4.17. The molecule has 0 saturated carbocycles. The number of hydrogen-bond donors (Lipinski definition) is 2. The van der Waals surface area contributed by atoms with Crippen LogP contribution in [0.5, 0.6) is 0 Å². The molecular weight excluding hydrogens is 352 g/mol. The van der Waals surface area contributed by atoms with Crippen LogP contribution in [0, 0.1) is 0 Å². The summed E-state index contributed by atoms with van der Waals surface area (Å²) in [5.74, 6) is -0.351. The van der Waals surface area contributed by atoms with Gasteiger partial charge in [-0.15, -0.1) is 0 Å². The maximum absolute atomic E-state index is 11.8. The molecule has 1 atom stereocenters. The van der Waals surface area contributed by atoms with Crippen LogP contribution in [0.25, 0.3) is 5.57 Å². The van der Waals surface area contributed by atoms with Gasteiger partial charge in [-0.1, -0.05) is 31.7 Å². The van der Waals surface area contributed by atoms with Crippen LogP contribution in [-0.4, -0.2) is 36.4 Å². The Balaban J connectivity index is 1.75. The zero-order chi connectivity index (χ0) is 20.1. The Morgan fingerprint density at radius 3 is 2.93 bits per heavy atom. The van der Waals surface area contributed by atoms with E-state index < -0.39 is 0 Å². The number of ether oxygens (including phenoxy) is 1. The average Bonchev–Trinajstić information content (AvgIpc) is 3.27. The van der Waals surface area contributed by atoms with Crippen molar-refractivity contribution in [2.75, 3.05) is 24.4 Å². The molecule has 3 rings (SSSR count). The molecule has 6 nitrogen and oxygen atoms in total. The monoisotopic (exact) mass is 378 g/mol. The lowest BCUT2D eigenvalue weighted by Gasteiger charge is -2.29. The number of rotatable bonds is 7. The molecule has 0 fully saturated rings. The van der Waals surface area contributed by atoms with E-state index in [-0.39, 0.29) is 12.0 Å². The minimum Gasteiger partial charge on any atom is -0.464 e. The summed E-state index contributed by atoms with van der Waals surface area (Å²) in [6.07, 6.45) is 9.44. The summed E-state index contributed by atoms with van der Waals surface area (Å²) in [5, 5.41) is 10.1. The number of nitrogens with one attached hydrogen (secondary N) is 2. The smallest absolute Gasteiger partial charge is 0.354 e. The number of anilines is 2. The Morgan fingerprint density at radius 1 is 1.43 bits per heavy atom. The molecule has 1 aliphatic heterocycles. The van der Waals surface area contributed by atoms with Crippen LogP contribution in [0.15, 0.2) is 61.0 Å². The van der Waals surface area contributed by atoms with E-state index in [4.69, 9.17) is 4.74 Å². The van der Waals surface area contributed by atoms with Crippen molar-refractivity contribution >= 4 is 22.9 Å². The summed E-state index contributed by atoms with van der Waals surface area (Å²) < 4.78 is 4.82. The van der Waals surface area contributed by atoms with Crippen LogP contribution in [0.1, 0.15) is 24.6 Å². The molecule has 0 saturated heterocycles. The molecule has 1 unspecified atom stereocenters. The standard InChI is InChI=1S/C22H26N4O2/c1-5-17(9-6-15(2)19-12-13-23-25-19)26(3)18-10-7-16-8-11-20(22(27)28-4)24-21(16)14-18/h6-7,9-14,17,24H,2,5,8H2,1,3-4H3,(H,23,25)/b9-6-. The summed E-state index contributed by atoms with van der Waals surface area (Å²) in [6, 6.07) is 8.38. The molecule has 0 amide bonds. The van der Waals surface area contributed by atoms with E-state index in [1.165, 1.54) is 7.11 Å². The fourth-order valence-corrected chi connectivity index (χ4v) is 3.21. The number of carbonyl (C=O) groups is 1. The van der Waals surface area contributed by atoms with Gasteiger partial charge in [0, 0.05) is 30.7 Å². The van der Waals surface area contributed by atoms with Crippen LogP contribution in [0.4, 0.5) is 11.4 Å². The number of hydrogen-bond acceptors (Lipinski definition) is 5. The first-order valence-electron chi connectivity index (χ1n) is 9.32. The molecule has 2 heterocycles. The predicted octanol–water partition coefficient (Wildman–Crippen LogP) is 3.92. The van der Waals surface area contributed by atoms with E-state index >= 15 is 0 Å². The number of fused-ring (bicyclic) bond motifs is 1. The first kappa shape index (κ1) is 19.5. The van der Waals surface area contributed by atoms with Crippen molar-refractivity contribution in [1.29, 1.82) is 0 Å². The molecule has 28 heavy (non-hydrogen) atoms. The van der Waals surface area contributed by atoms with Gasteiger partial charge < -0.3 is 15.0 Å². The van der Waals surface area contributed by atoms with Crippen LogP contribution in [-0.2, 0) is 16.0 Å². The largest absolute Gasteiger partial charge is 0.464 e. The van der Waals surface area contributed by atoms with Crippen LogP contribution in [0.3, 0.4) is 0 Å². The van der Waals surface area contributed by atoms with E-state index in [1.807, 2.05) is 18.2 Å². The maximum Gasteiger partial charge on any atom is 0.354 e. The summed E-state index contributed by atoms with van der Waals surface area (Å²) in [7, 11) is 3.46. The third-order valence-corrected chi connectivity index (χ3v) is 4.97. The van der Waals surface area contributed by atoms with Gasteiger partial charge in [-0.05, 0) is 48.3 Å². The number of nitrogens with zero attached hydrogens (tertiary/aromatic N) is 2. The molecule has 0 aliphatic carbocycles. The van der Waals surface area contributed by atoms with Gasteiger partial charge in [0.05, 0.1) is 12.8 Å². The van der Waals surface area contributed by atoms with Crippen LogP contribution in [0.2, 0.25) is 0 Å². The van der Waals surface area contributed by atoms with Crippen molar-refractivity contribution in [3.05, 3.63) is 72.2 Å². The highest BCUT2D eigenvalue weighted by molar-refractivity contribution is 5.93. The Labute approximate surface area is 165 Å². The molecule has 0 spiro atoms. The first-order chi connectivity index (χ1) is 13.5. The topological polar surface area (TPSA) is 70.2 Å². The molecule has 1 aliphatic rings. The number of benzene rings is 1. The molecule has 1 aromatic heterocycles. The molecule has 0 bridgehead atoms. The fraction of sp³-hybridized carbons (Fsp3) is 0.273. The number of carbonyl (C=O) groups excluding carboxylic acids is 1. The predicted molar refractivity (Wildman–Crippen MR) is 113 cm³/mol. The van der Waals surface area contributed by atoms with Crippen molar-refractivity contribution < 1.29 is 9.53 Å². The van der Waals surface area contributed by atoms with Crippen molar-refractivity contribution in [3.8, 4) is 0 Å². The zero-order valence-corrected chi connectivity index (χ0v) is 16.5. The van der Waals surface area contributed by atoms with Crippen molar-refractivity contribution in [2.45, 2.75) is 25.8 Å². The van der Waals surface area contributed by atoms with E-state index in [0.29, 0.717) is 12.1 Å². The van der Waals surface area contributed by atoms with Gasteiger partial charge in [0.25, 0.3) is 0 Å².